The Hall–Kier alpha value is -2.63. The first-order valence-corrected chi connectivity index (χ1v) is 7.23. The minimum absolute atomic E-state index is 0.370. The zero-order chi connectivity index (χ0) is 16.4. The number of hydrogen-bond acceptors (Lipinski definition) is 4. The van der Waals surface area contributed by atoms with Gasteiger partial charge in [0.25, 0.3) is 0 Å². The Morgan fingerprint density at radius 2 is 1.74 bits per heavy atom. The van der Waals surface area contributed by atoms with E-state index in [9.17, 15) is 10.0 Å². The van der Waals surface area contributed by atoms with Crippen molar-refractivity contribution < 1.29 is 9.15 Å². The molecule has 0 aliphatic heterocycles. The molecule has 0 bridgehead atoms. The molecular formula is C18H17NO4. The molecular weight excluding hydrogens is 294 g/mol. The lowest BCUT2D eigenvalue weighted by molar-refractivity contribution is 0.306. The minimum Gasteiger partial charge on any atom is -0.628 e. The molecule has 1 aromatic heterocycles. The van der Waals surface area contributed by atoms with E-state index in [1.165, 1.54) is 6.07 Å². The molecule has 0 fully saturated rings. The number of ether oxygens (including phenoxy) is 1. The van der Waals surface area contributed by atoms with Crippen molar-refractivity contribution in [2.24, 2.45) is 0 Å². The van der Waals surface area contributed by atoms with E-state index in [0.29, 0.717) is 23.6 Å². The number of nitrogens with zero attached hydrogens (tertiary/aromatic N) is 1. The lowest BCUT2D eigenvalue weighted by Gasteiger charge is -2.33. The molecule has 2 aromatic carbocycles. The van der Waals surface area contributed by atoms with Crippen LogP contribution in [0.15, 0.2) is 63.8 Å². The Morgan fingerprint density at radius 1 is 1.04 bits per heavy atom. The largest absolute Gasteiger partial charge is 0.628 e. The van der Waals surface area contributed by atoms with Gasteiger partial charge in [-0.25, -0.2) is 4.79 Å². The Morgan fingerprint density at radius 3 is 2.43 bits per heavy atom. The normalized spacial score (nSPS) is 11.6. The monoisotopic (exact) mass is 311 g/mol. The van der Waals surface area contributed by atoms with Crippen molar-refractivity contribution in [1.82, 2.24) is 4.65 Å². The molecule has 0 radical (unpaired) electrons. The summed E-state index contributed by atoms with van der Waals surface area (Å²) in [7, 11) is 3.16. The van der Waals surface area contributed by atoms with Gasteiger partial charge in [-0.3, -0.25) is 0 Å². The molecule has 5 heteroatoms. The first-order chi connectivity index (χ1) is 10.9. The summed E-state index contributed by atoms with van der Waals surface area (Å²) in [5.41, 5.74) is 1.75. The summed E-state index contributed by atoms with van der Waals surface area (Å²) < 4.78 is 10.4. The van der Waals surface area contributed by atoms with Crippen molar-refractivity contribution in [2.45, 2.75) is 6.61 Å². The summed E-state index contributed by atoms with van der Waals surface area (Å²) in [6, 6.07) is 15.8. The van der Waals surface area contributed by atoms with Gasteiger partial charge in [-0.1, -0.05) is 0 Å². The standard InChI is InChI=1S/C18H17NO4/c1-19(2,21)15-7-3-13(4-8-15)12-22-16-9-5-14-6-10-18(20)23-17(14)11-16/h3-11H,12H2,1-2H3. The van der Waals surface area contributed by atoms with Crippen LogP contribution in [-0.2, 0) is 6.61 Å². The minimum atomic E-state index is -0.467. The second-order valence-electron chi connectivity index (χ2n) is 5.76. The van der Waals surface area contributed by atoms with E-state index in [1.54, 1.807) is 38.4 Å². The third kappa shape index (κ3) is 3.59. The van der Waals surface area contributed by atoms with E-state index >= 15 is 0 Å². The number of hydroxylamine groups is 2. The van der Waals surface area contributed by atoms with Crippen LogP contribution >= 0.6 is 0 Å². The van der Waals surface area contributed by atoms with Gasteiger partial charge in [0.15, 0.2) is 0 Å². The molecule has 23 heavy (non-hydrogen) atoms. The molecule has 0 aliphatic rings. The summed E-state index contributed by atoms with van der Waals surface area (Å²) in [6.07, 6.45) is 0. The molecule has 118 valence electrons. The highest BCUT2D eigenvalue weighted by Crippen LogP contribution is 2.22. The number of benzene rings is 2. The zero-order valence-corrected chi connectivity index (χ0v) is 13.0. The predicted molar refractivity (Wildman–Crippen MR) is 90.3 cm³/mol. The van der Waals surface area contributed by atoms with Crippen LogP contribution in [0.5, 0.6) is 5.75 Å². The van der Waals surface area contributed by atoms with Crippen molar-refractivity contribution in [1.29, 1.82) is 0 Å². The molecule has 5 nitrogen and oxygen atoms in total. The van der Waals surface area contributed by atoms with Gasteiger partial charge in [0.2, 0.25) is 0 Å². The molecule has 3 aromatic rings. The van der Waals surface area contributed by atoms with Crippen LogP contribution in [0, 0.1) is 5.21 Å². The van der Waals surface area contributed by atoms with E-state index < -0.39 is 4.65 Å². The molecule has 0 saturated carbocycles. The Kier molecular flexibility index (Phi) is 3.90. The molecule has 0 aliphatic carbocycles. The van der Waals surface area contributed by atoms with Crippen molar-refractivity contribution in [2.75, 3.05) is 14.1 Å². The molecule has 0 atom stereocenters. The quantitative estimate of drug-likeness (QED) is 0.421. The average molecular weight is 311 g/mol. The lowest BCUT2D eigenvalue weighted by atomic mass is 10.2. The highest BCUT2D eigenvalue weighted by molar-refractivity contribution is 5.77. The van der Waals surface area contributed by atoms with Gasteiger partial charge in [-0.15, -0.1) is 0 Å². The second kappa shape index (κ2) is 5.87. The SMILES string of the molecule is C[N+](C)([O-])c1ccc(COc2ccc3ccc(=O)oc3c2)cc1. The smallest absolute Gasteiger partial charge is 0.336 e. The fourth-order valence-electron chi connectivity index (χ4n) is 2.25. The number of rotatable bonds is 4. The van der Waals surface area contributed by atoms with Crippen molar-refractivity contribution in [3.8, 4) is 5.75 Å². The summed E-state index contributed by atoms with van der Waals surface area (Å²) >= 11 is 0. The Bertz CT molecular complexity index is 876. The zero-order valence-electron chi connectivity index (χ0n) is 13.0. The van der Waals surface area contributed by atoms with Crippen LogP contribution in [-0.4, -0.2) is 14.1 Å². The van der Waals surface area contributed by atoms with Crippen LogP contribution in [0.3, 0.4) is 0 Å². The molecule has 0 unspecified atom stereocenters. The average Bonchev–Trinajstić information content (AvgIpc) is 2.52. The van der Waals surface area contributed by atoms with E-state index in [1.807, 2.05) is 24.3 Å². The second-order valence-corrected chi connectivity index (χ2v) is 5.76. The maximum absolute atomic E-state index is 11.8. The third-order valence-corrected chi connectivity index (χ3v) is 3.56. The topological polar surface area (TPSA) is 62.5 Å². The van der Waals surface area contributed by atoms with Crippen LogP contribution in [0.1, 0.15) is 5.56 Å². The molecule has 0 spiro atoms. The Labute approximate surface area is 133 Å². The molecule has 1 heterocycles. The summed E-state index contributed by atoms with van der Waals surface area (Å²) in [6.45, 7) is 0.370. The van der Waals surface area contributed by atoms with Gasteiger partial charge in [0, 0.05) is 17.5 Å². The van der Waals surface area contributed by atoms with Gasteiger partial charge >= 0.3 is 5.63 Å². The fraction of sp³-hybridized carbons (Fsp3) is 0.167. The van der Waals surface area contributed by atoms with E-state index in [-0.39, 0.29) is 5.63 Å². The first kappa shape index (κ1) is 15.3. The maximum Gasteiger partial charge on any atom is 0.336 e. The summed E-state index contributed by atoms with van der Waals surface area (Å²) in [5, 5.41) is 12.7. The van der Waals surface area contributed by atoms with Crippen LogP contribution in [0.4, 0.5) is 5.69 Å². The van der Waals surface area contributed by atoms with Gasteiger partial charge in [-0.2, -0.15) is 0 Å². The van der Waals surface area contributed by atoms with E-state index in [2.05, 4.69) is 0 Å². The van der Waals surface area contributed by atoms with Gasteiger partial charge < -0.3 is 19.0 Å². The molecule has 3 rings (SSSR count). The number of quaternary nitrogens is 1. The van der Waals surface area contributed by atoms with Gasteiger partial charge in [0.05, 0.1) is 14.1 Å². The van der Waals surface area contributed by atoms with E-state index in [4.69, 9.17) is 9.15 Å². The van der Waals surface area contributed by atoms with E-state index in [0.717, 1.165) is 10.9 Å². The fourth-order valence-corrected chi connectivity index (χ4v) is 2.25. The highest BCUT2D eigenvalue weighted by Gasteiger charge is 2.07. The van der Waals surface area contributed by atoms with Crippen molar-refractivity contribution >= 4 is 16.7 Å². The Balaban J connectivity index is 1.74. The van der Waals surface area contributed by atoms with Crippen LogP contribution in [0.25, 0.3) is 11.0 Å². The van der Waals surface area contributed by atoms with Crippen LogP contribution < -0.4 is 15.0 Å². The van der Waals surface area contributed by atoms with Crippen LogP contribution in [0.2, 0.25) is 0 Å². The first-order valence-electron chi connectivity index (χ1n) is 7.23. The van der Waals surface area contributed by atoms with Crippen molar-refractivity contribution in [3.05, 3.63) is 75.8 Å². The lowest BCUT2D eigenvalue weighted by Crippen LogP contribution is -2.32. The summed E-state index contributed by atoms with van der Waals surface area (Å²) in [4.78, 5) is 11.3. The molecule has 0 amide bonds. The number of fused-ring (bicyclic) bond motifs is 1. The molecule has 0 saturated heterocycles. The molecule has 0 N–H and O–H groups in total. The predicted octanol–water partition coefficient (Wildman–Crippen LogP) is 3.44. The van der Waals surface area contributed by atoms with Crippen molar-refractivity contribution in [3.63, 3.8) is 0 Å². The summed E-state index contributed by atoms with van der Waals surface area (Å²) in [5.74, 6) is 0.621. The maximum atomic E-state index is 11.8. The number of hydrogen-bond donors (Lipinski definition) is 0. The van der Waals surface area contributed by atoms with Gasteiger partial charge in [0.1, 0.15) is 23.6 Å². The highest BCUT2D eigenvalue weighted by atomic mass is 16.5. The van der Waals surface area contributed by atoms with Gasteiger partial charge in [-0.05, 0) is 48.0 Å². The third-order valence-electron chi connectivity index (χ3n) is 3.56.